The number of carbonyl (C=O) groups is 1. The number of nitrogens with zero attached hydrogens (tertiary/aromatic N) is 2. The minimum absolute atomic E-state index is 0.193. The van der Waals surface area contributed by atoms with Gasteiger partial charge in [-0.2, -0.15) is 12.7 Å². The Bertz CT molecular complexity index is 916. The molecule has 1 atom stereocenters. The highest BCUT2D eigenvalue weighted by Gasteiger charge is 2.27. The van der Waals surface area contributed by atoms with Gasteiger partial charge in [0.1, 0.15) is 24.7 Å². The monoisotopic (exact) mass is 423 g/mol. The first-order chi connectivity index (χ1) is 13.6. The molecule has 2 aromatic rings. The van der Waals surface area contributed by atoms with Gasteiger partial charge in [0.15, 0.2) is 0 Å². The maximum atomic E-state index is 13.2. The fourth-order valence-electron chi connectivity index (χ4n) is 2.46. The number of carbonyl (C=O) groups excluding carboxylic acids is 1. The van der Waals surface area contributed by atoms with E-state index in [1.165, 1.54) is 26.2 Å². The Hall–Kier alpha value is -2.65. The molecular formula is C20H26FN3O4S. The molecule has 0 aliphatic heterocycles. The molecule has 0 aliphatic carbocycles. The van der Waals surface area contributed by atoms with Crippen LogP contribution in [0.25, 0.3) is 0 Å². The van der Waals surface area contributed by atoms with Gasteiger partial charge in [-0.1, -0.05) is 17.7 Å². The van der Waals surface area contributed by atoms with E-state index in [1.807, 2.05) is 31.2 Å². The molecular weight excluding hydrogens is 397 g/mol. The number of benzene rings is 2. The number of anilines is 1. The summed E-state index contributed by atoms with van der Waals surface area (Å²) in [6.07, 6.45) is 0. The average molecular weight is 424 g/mol. The van der Waals surface area contributed by atoms with Gasteiger partial charge < -0.3 is 10.1 Å². The predicted molar refractivity (Wildman–Crippen MR) is 111 cm³/mol. The number of ether oxygens (including phenoxy) is 1. The maximum absolute atomic E-state index is 13.2. The third-order valence-electron chi connectivity index (χ3n) is 4.07. The van der Waals surface area contributed by atoms with Crippen LogP contribution >= 0.6 is 0 Å². The fraction of sp³-hybridized carbons (Fsp3) is 0.350. The van der Waals surface area contributed by atoms with E-state index in [2.05, 4.69) is 5.32 Å². The number of halogens is 1. The summed E-state index contributed by atoms with van der Waals surface area (Å²) in [6, 6.07) is 12.1. The molecule has 0 spiro atoms. The Kier molecular flexibility index (Phi) is 7.58. The molecule has 0 bridgehead atoms. The summed E-state index contributed by atoms with van der Waals surface area (Å²) >= 11 is 0. The Morgan fingerprint density at radius 1 is 1.10 bits per heavy atom. The van der Waals surface area contributed by atoms with Crippen molar-refractivity contribution < 1.29 is 22.3 Å². The highest BCUT2D eigenvalue weighted by molar-refractivity contribution is 7.90. The number of aryl methyl sites for hydroxylation is 1. The molecule has 0 aliphatic rings. The summed E-state index contributed by atoms with van der Waals surface area (Å²) in [5.41, 5.74) is 1.31. The molecule has 0 aromatic heterocycles. The summed E-state index contributed by atoms with van der Waals surface area (Å²) in [7, 11) is -1.22. The van der Waals surface area contributed by atoms with Gasteiger partial charge in [-0.15, -0.1) is 0 Å². The molecule has 9 heteroatoms. The number of hydrogen-bond acceptors (Lipinski definition) is 4. The van der Waals surface area contributed by atoms with E-state index in [-0.39, 0.29) is 18.3 Å². The minimum atomic E-state index is -3.94. The second kappa shape index (κ2) is 9.71. The first kappa shape index (κ1) is 22.6. The van der Waals surface area contributed by atoms with Crippen molar-refractivity contribution in [3.05, 3.63) is 59.9 Å². The fourth-order valence-corrected chi connectivity index (χ4v) is 3.52. The van der Waals surface area contributed by atoms with Gasteiger partial charge in [-0.05, 0) is 50.2 Å². The number of rotatable bonds is 9. The molecule has 0 radical (unpaired) electrons. The van der Waals surface area contributed by atoms with E-state index >= 15 is 0 Å². The van der Waals surface area contributed by atoms with E-state index in [9.17, 15) is 17.6 Å². The molecule has 158 valence electrons. The van der Waals surface area contributed by atoms with Crippen LogP contribution in [0.1, 0.15) is 12.5 Å². The summed E-state index contributed by atoms with van der Waals surface area (Å²) in [6.45, 7) is 3.52. The molecule has 0 saturated heterocycles. The van der Waals surface area contributed by atoms with Crippen LogP contribution in [-0.4, -0.2) is 51.9 Å². The van der Waals surface area contributed by atoms with Crippen LogP contribution in [0.5, 0.6) is 5.75 Å². The average Bonchev–Trinajstić information content (AvgIpc) is 2.66. The van der Waals surface area contributed by atoms with Gasteiger partial charge in [0, 0.05) is 14.1 Å². The Labute approximate surface area is 171 Å². The molecule has 1 N–H and O–H groups in total. The van der Waals surface area contributed by atoms with Crippen molar-refractivity contribution in [3.8, 4) is 5.75 Å². The molecule has 0 heterocycles. The lowest BCUT2D eigenvalue weighted by atomic mass is 10.2. The highest BCUT2D eigenvalue weighted by Crippen LogP contribution is 2.19. The largest absolute Gasteiger partial charge is 0.491 e. The molecule has 0 unspecified atom stereocenters. The molecule has 0 saturated carbocycles. The molecule has 0 fully saturated rings. The molecule has 7 nitrogen and oxygen atoms in total. The normalized spacial score (nSPS) is 12.5. The van der Waals surface area contributed by atoms with Crippen molar-refractivity contribution in [1.29, 1.82) is 0 Å². The lowest BCUT2D eigenvalue weighted by Gasteiger charge is -2.27. The second-order valence-electron chi connectivity index (χ2n) is 6.87. The first-order valence-electron chi connectivity index (χ1n) is 9.04. The summed E-state index contributed by atoms with van der Waals surface area (Å²) < 4.78 is 46.0. The lowest BCUT2D eigenvalue weighted by molar-refractivity contribution is -0.120. The van der Waals surface area contributed by atoms with Crippen LogP contribution < -0.4 is 14.4 Å². The van der Waals surface area contributed by atoms with Crippen LogP contribution in [0.3, 0.4) is 0 Å². The topological polar surface area (TPSA) is 79.0 Å². The van der Waals surface area contributed by atoms with Crippen molar-refractivity contribution in [3.63, 3.8) is 0 Å². The van der Waals surface area contributed by atoms with Crippen molar-refractivity contribution in [2.24, 2.45) is 0 Å². The first-order valence-corrected chi connectivity index (χ1v) is 10.4. The van der Waals surface area contributed by atoms with Crippen molar-refractivity contribution >= 4 is 21.8 Å². The smallest absolute Gasteiger partial charge is 0.304 e. The lowest BCUT2D eigenvalue weighted by Crippen LogP contribution is -2.48. The zero-order chi connectivity index (χ0) is 21.6. The number of amides is 1. The van der Waals surface area contributed by atoms with Crippen molar-refractivity contribution in [2.45, 2.75) is 19.9 Å². The van der Waals surface area contributed by atoms with Crippen molar-refractivity contribution in [1.82, 2.24) is 9.62 Å². The molecule has 2 rings (SSSR count). The Balaban J connectivity index is 2.03. The predicted octanol–water partition coefficient (Wildman–Crippen LogP) is 2.33. The SMILES string of the molecule is Cc1ccc(OC[C@@H](C)NC(=O)CN(c2ccc(F)cc2)S(=O)(=O)N(C)C)cc1. The maximum Gasteiger partial charge on any atom is 0.304 e. The minimum Gasteiger partial charge on any atom is -0.491 e. The molecule has 1 amide bonds. The van der Waals surface area contributed by atoms with Crippen LogP contribution in [0.4, 0.5) is 10.1 Å². The van der Waals surface area contributed by atoms with Crippen molar-refractivity contribution in [2.75, 3.05) is 31.6 Å². The quantitative estimate of drug-likeness (QED) is 0.672. The molecule has 29 heavy (non-hydrogen) atoms. The van der Waals surface area contributed by atoms with Gasteiger partial charge in [-0.3, -0.25) is 4.79 Å². The van der Waals surface area contributed by atoms with Gasteiger partial charge in [-0.25, -0.2) is 8.70 Å². The van der Waals surface area contributed by atoms with Crippen LogP contribution in [0, 0.1) is 12.7 Å². The Morgan fingerprint density at radius 2 is 1.69 bits per heavy atom. The van der Waals surface area contributed by atoms with Crippen LogP contribution in [0.2, 0.25) is 0 Å². The van der Waals surface area contributed by atoms with E-state index in [1.54, 1.807) is 6.92 Å². The van der Waals surface area contributed by atoms with E-state index in [0.29, 0.717) is 5.75 Å². The van der Waals surface area contributed by atoms with E-state index in [0.717, 1.165) is 26.3 Å². The van der Waals surface area contributed by atoms with E-state index < -0.39 is 28.5 Å². The summed E-state index contributed by atoms with van der Waals surface area (Å²) in [5, 5.41) is 2.72. The third-order valence-corrected chi connectivity index (χ3v) is 5.89. The van der Waals surface area contributed by atoms with E-state index in [4.69, 9.17) is 4.74 Å². The zero-order valence-electron chi connectivity index (χ0n) is 16.9. The third kappa shape index (κ3) is 6.43. The Morgan fingerprint density at radius 3 is 2.24 bits per heavy atom. The number of hydrogen-bond donors (Lipinski definition) is 1. The van der Waals surface area contributed by atoms with Gasteiger partial charge in [0.25, 0.3) is 0 Å². The van der Waals surface area contributed by atoms with Gasteiger partial charge in [0.05, 0.1) is 11.7 Å². The van der Waals surface area contributed by atoms with Gasteiger partial charge in [0.2, 0.25) is 5.91 Å². The summed E-state index contributed by atoms with van der Waals surface area (Å²) in [5.74, 6) is -0.318. The number of nitrogens with one attached hydrogen (secondary N) is 1. The second-order valence-corrected chi connectivity index (χ2v) is 8.93. The molecule has 2 aromatic carbocycles. The zero-order valence-corrected chi connectivity index (χ0v) is 17.7. The highest BCUT2D eigenvalue weighted by atomic mass is 32.2. The van der Waals surface area contributed by atoms with Crippen LogP contribution in [-0.2, 0) is 15.0 Å². The standard InChI is InChI=1S/C20H26FN3O4S/c1-15-5-11-19(12-6-15)28-14-16(2)22-20(25)13-24(29(26,27)23(3)4)18-9-7-17(21)8-10-18/h5-12,16H,13-14H2,1-4H3,(H,22,25)/t16-/m1/s1. The van der Waals surface area contributed by atoms with Gasteiger partial charge >= 0.3 is 10.2 Å². The van der Waals surface area contributed by atoms with Crippen LogP contribution in [0.15, 0.2) is 48.5 Å². The summed E-state index contributed by atoms with van der Waals surface area (Å²) in [4.78, 5) is 12.5.